The van der Waals surface area contributed by atoms with Crippen molar-refractivity contribution in [2.75, 3.05) is 26.8 Å². The van der Waals surface area contributed by atoms with Gasteiger partial charge in [0.05, 0.1) is 24.8 Å². The van der Waals surface area contributed by atoms with Gasteiger partial charge in [-0.15, -0.1) is 0 Å². The molecule has 1 aromatic rings. The van der Waals surface area contributed by atoms with Crippen LogP contribution in [0.15, 0.2) is 12.1 Å². The Labute approximate surface area is 144 Å². The Balaban J connectivity index is 2.02. The third-order valence-corrected chi connectivity index (χ3v) is 4.74. The summed E-state index contributed by atoms with van der Waals surface area (Å²) in [7, 11) is 1.64. The lowest BCUT2D eigenvalue weighted by molar-refractivity contribution is 0.0695. The highest BCUT2D eigenvalue weighted by molar-refractivity contribution is 6.32. The van der Waals surface area contributed by atoms with E-state index in [1.807, 2.05) is 19.1 Å². The second-order valence-corrected chi connectivity index (χ2v) is 6.72. The van der Waals surface area contributed by atoms with Gasteiger partial charge in [0, 0.05) is 6.54 Å². The number of likely N-dealkylation sites (tertiary alicyclic amines) is 1. The molecule has 1 N–H and O–H groups in total. The van der Waals surface area contributed by atoms with E-state index in [0.717, 1.165) is 44.5 Å². The molecule has 1 heterocycles. The molecular weight excluding hydrogens is 314 g/mol. The third-order valence-electron chi connectivity index (χ3n) is 4.46. The smallest absolute Gasteiger partial charge is 0.179 e. The maximum absolute atomic E-state index is 9.69. The van der Waals surface area contributed by atoms with Crippen LogP contribution in [0.3, 0.4) is 0 Å². The number of piperidine rings is 1. The van der Waals surface area contributed by atoms with Crippen LogP contribution in [0.1, 0.15) is 38.7 Å². The van der Waals surface area contributed by atoms with Crippen molar-refractivity contribution in [1.82, 2.24) is 4.90 Å². The van der Waals surface area contributed by atoms with Crippen LogP contribution in [0, 0.1) is 5.92 Å². The van der Waals surface area contributed by atoms with Gasteiger partial charge in [0.15, 0.2) is 11.5 Å². The summed E-state index contributed by atoms with van der Waals surface area (Å²) >= 11 is 6.37. The van der Waals surface area contributed by atoms with Gasteiger partial charge in [-0.1, -0.05) is 18.5 Å². The number of ether oxygens (including phenoxy) is 2. The van der Waals surface area contributed by atoms with Gasteiger partial charge in [0.1, 0.15) is 0 Å². The lowest BCUT2D eigenvalue weighted by atomic mass is 9.92. The molecule has 5 heteroatoms. The summed E-state index contributed by atoms with van der Waals surface area (Å²) in [5.74, 6) is 1.75. The number of halogens is 1. The average Bonchev–Trinajstić information content (AvgIpc) is 2.54. The molecule has 1 unspecified atom stereocenters. The summed E-state index contributed by atoms with van der Waals surface area (Å²) in [5, 5.41) is 10.3. The number of aliphatic hydroxyl groups is 1. The number of methoxy groups -OCH3 is 1. The predicted octanol–water partition coefficient (Wildman–Crippen LogP) is 3.73. The second kappa shape index (κ2) is 8.76. The first-order valence-corrected chi connectivity index (χ1v) is 8.82. The monoisotopic (exact) mass is 341 g/mol. The zero-order valence-corrected chi connectivity index (χ0v) is 15.1. The zero-order chi connectivity index (χ0) is 16.8. The highest BCUT2D eigenvalue weighted by atomic mass is 35.5. The first-order valence-electron chi connectivity index (χ1n) is 8.44. The van der Waals surface area contributed by atoms with Gasteiger partial charge in [-0.05, 0) is 62.9 Å². The van der Waals surface area contributed by atoms with E-state index >= 15 is 0 Å². The van der Waals surface area contributed by atoms with Crippen molar-refractivity contribution in [1.29, 1.82) is 0 Å². The average molecular weight is 342 g/mol. The van der Waals surface area contributed by atoms with Crippen LogP contribution in [-0.4, -0.2) is 42.9 Å². The molecule has 1 aromatic carbocycles. The van der Waals surface area contributed by atoms with Crippen molar-refractivity contribution >= 4 is 11.6 Å². The summed E-state index contributed by atoms with van der Waals surface area (Å²) < 4.78 is 11.1. The third kappa shape index (κ3) is 5.00. The molecule has 0 aromatic heterocycles. The van der Waals surface area contributed by atoms with Crippen molar-refractivity contribution in [3.63, 3.8) is 0 Å². The molecule has 0 spiro atoms. The molecule has 2 rings (SSSR count). The molecule has 0 saturated carbocycles. The summed E-state index contributed by atoms with van der Waals surface area (Å²) in [5.41, 5.74) is 1.13. The first-order chi connectivity index (χ1) is 11.0. The SMILES string of the molecule is CCCOc1c(Cl)cc(CN2CCC(C(C)O)CC2)cc1OC. The predicted molar refractivity (Wildman–Crippen MR) is 93.5 cm³/mol. The van der Waals surface area contributed by atoms with Crippen molar-refractivity contribution in [3.05, 3.63) is 22.7 Å². The van der Waals surface area contributed by atoms with Gasteiger partial charge >= 0.3 is 0 Å². The number of nitrogens with zero attached hydrogens (tertiary/aromatic N) is 1. The van der Waals surface area contributed by atoms with Crippen LogP contribution in [0.5, 0.6) is 11.5 Å². The molecule has 1 saturated heterocycles. The lowest BCUT2D eigenvalue weighted by Crippen LogP contribution is -2.36. The largest absolute Gasteiger partial charge is 0.493 e. The van der Waals surface area contributed by atoms with Crippen molar-refractivity contribution in [2.45, 2.75) is 45.8 Å². The Morgan fingerprint density at radius 2 is 2.04 bits per heavy atom. The van der Waals surface area contributed by atoms with Gasteiger partial charge in [0.25, 0.3) is 0 Å². The van der Waals surface area contributed by atoms with Crippen LogP contribution < -0.4 is 9.47 Å². The summed E-state index contributed by atoms with van der Waals surface area (Å²) in [6.45, 7) is 7.43. The van der Waals surface area contributed by atoms with Gasteiger partial charge in [-0.2, -0.15) is 0 Å². The Bertz CT molecular complexity index is 499. The molecule has 1 aliphatic heterocycles. The maximum Gasteiger partial charge on any atom is 0.179 e. The number of rotatable bonds is 7. The summed E-state index contributed by atoms with van der Waals surface area (Å²) in [6, 6.07) is 3.98. The quantitative estimate of drug-likeness (QED) is 0.820. The van der Waals surface area contributed by atoms with Crippen molar-refractivity contribution < 1.29 is 14.6 Å². The zero-order valence-electron chi connectivity index (χ0n) is 14.3. The standard InChI is InChI=1S/C18H28ClNO3/c1-4-9-23-18-16(19)10-14(11-17(18)22-3)12-20-7-5-15(6-8-20)13(2)21/h10-11,13,15,21H,4-9,12H2,1-3H3. The minimum atomic E-state index is -0.207. The van der Waals surface area contributed by atoms with Gasteiger partial charge in [-0.25, -0.2) is 0 Å². The van der Waals surface area contributed by atoms with Gasteiger partial charge < -0.3 is 14.6 Å². The fourth-order valence-electron chi connectivity index (χ4n) is 3.06. The van der Waals surface area contributed by atoms with Crippen LogP contribution in [0.4, 0.5) is 0 Å². The van der Waals surface area contributed by atoms with Gasteiger partial charge in [-0.3, -0.25) is 4.90 Å². The van der Waals surface area contributed by atoms with Crippen molar-refractivity contribution in [3.8, 4) is 11.5 Å². The van der Waals surface area contributed by atoms with E-state index in [1.165, 1.54) is 0 Å². The van der Waals surface area contributed by atoms with E-state index in [2.05, 4.69) is 11.8 Å². The van der Waals surface area contributed by atoms with E-state index in [0.29, 0.717) is 29.0 Å². The van der Waals surface area contributed by atoms with E-state index in [1.54, 1.807) is 7.11 Å². The van der Waals surface area contributed by atoms with E-state index < -0.39 is 0 Å². The normalized spacial score (nSPS) is 18.0. The summed E-state index contributed by atoms with van der Waals surface area (Å²) in [4.78, 5) is 2.40. The Morgan fingerprint density at radius 1 is 1.35 bits per heavy atom. The molecule has 0 aliphatic carbocycles. The first kappa shape index (κ1) is 18.4. The molecule has 130 valence electrons. The minimum absolute atomic E-state index is 0.207. The van der Waals surface area contributed by atoms with Crippen LogP contribution >= 0.6 is 11.6 Å². The molecule has 4 nitrogen and oxygen atoms in total. The van der Waals surface area contributed by atoms with Gasteiger partial charge in [0.2, 0.25) is 0 Å². The van der Waals surface area contributed by atoms with Crippen LogP contribution in [0.25, 0.3) is 0 Å². The van der Waals surface area contributed by atoms with Crippen LogP contribution in [0.2, 0.25) is 5.02 Å². The maximum atomic E-state index is 9.69. The van der Waals surface area contributed by atoms with E-state index in [-0.39, 0.29) is 6.10 Å². The van der Waals surface area contributed by atoms with E-state index in [9.17, 15) is 5.11 Å². The second-order valence-electron chi connectivity index (χ2n) is 6.31. The van der Waals surface area contributed by atoms with Crippen LogP contribution in [-0.2, 0) is 6.54 Å². The highest BCUT2D eigenvalue weighted by Gasteiger charge is 2.23. The molecule has 23 heavy (non-hydrogen) atoms. The fourth-order valence-corrected chi connectivity index (χ4v) is 3.35. The summed E-state index contributed by atoms with van der Waals surface area (Å²) in [6.07, 6.45) is 2.81. The molecule has 1 fully saturated rings. The molecule has 1 atom stereocenters. The molecule has 0 radical (unpaired) electrons. The number of hydrogen-bond donors (Lipinski definition) is 1. The number of aliphatic hydroxyl groups excluding tert-OH is 1. The van der Waals surface area contributed by atoms with E-state index in [4.69, 9.17) is 21.1 Å². The lowest BCUT2D eigenvalue weighted by Gasteiger charge is -2.33. The Hall–Kier alpha value is -0.970. The number of hydrogen-bond acceptors (Lipinski definition) is 4. The molecule has 1 aliphatic rings. The topological polar surface area (TPSA) is 41.9 Å². The number of benzene rings is 1. The Morgan fingerprint density at radius 3 is 2.61 bits per heavy atom. The van der Waals surface area contributed by atoms with Crippen molar-refractivity contribution in [2.24, 2.45) is 5.92 Å². The highest BCUT2D eigenvalue weighted by Crippen LogP contribution is 2.37. The molecule has 0 bridgehead atoms. The minimum Gasteiger partial charge on any atom is -0.493 e. The Kier molecular flexibility index (Phi) is 7.00. The molecular formula is C18H28ClNO3. The fraction of sp³-hybridized carbons (Fsp3) is 0.667. The molecule has 0 amide bonds.